The quantitative estimate of drug-likeness (QED) is 0.489. The molecule has 12 heteroatoms. The predicted octanol–water partition coefficient (Wildman–Crippen LogP) is 3.48. The normalized spacial score (nSPS) is 11.5. The lowest BCUT2D eigenvalue weighted by molar-refractivity contribution is -0.114. The summed E-state index contributed by atoms with van der Waals surface area (Å²) in [5.41, 5.74) is 0.888. The number of sulfonamides is 1. The lowest BCUT2D eigenvalue weighted by atomic mass is 10.0. The molecule has 1 amide bonds. The molecular weight excluding hydrogens is 452 g/mol. The maximum absolute atomic E-state index is 12.7. The average molecular weight is 470 g/mol. The minimum Gasteiger partial charge on any atom is -0.377 e. The van der Waals surface area contributed by atoms with Crippen molar-refractivity contribution >= 4 is 38.9 Å². The van der Waals surface area contributed by atoms with E-state index in [1.807, 2.05) is 0 Å². The SMILES string of the molecule is CC(=O)Nc1ccc(-n2cc(NCC(F)F)cn2)c(S(N)(=O)=O)c1-c1ccccc1Cl. The Bertz CT molecular complexity index is 1230. The summed E-state index contributed by atoms with van der Waals surface area (Å²) in [6, 6.07) is 9.35. The molecule has 0 fully saturated rings. The van der Waals surface area contributed by atoms with Crippen LogP contribution < -0.4 is 15.8 Å². The van der Waals surface area contributed by atoms with Crippen LogP contribution in [-0.2, 0) is 14.8 Å². The second kappa shape index (κ2) is 9.00. The summed E-state index contributed by atoms with van der Waals surface area (Å²) in [4.78, 5) is 11.4. The number of nitrogens with one attached hydrogen (secondary N) is 2. The van der Waals surface area contributed by atoms with Crippen molar-refractivity contribution in [1.29, 1.82) is 0 Å². The zero-order valence-corrected chi connectivity index (χ0v) is 17.7. The fourth-order valence-corrected chi connectivity index (χ4v) is 4.19. The largest absolute Gasteiger partial charge is 0.377 e. The number of primary sulfonamides is 1. The van der Waals surface area contributed by atoms with Crippen LogP contribution in [-0.4, -0.2) is 37.1 Å². The fourth-order valence-electron chi connectivity index (χ4n) is 3.01. The van der Waals surface area contributed by atoms with Crippen molar-refractivity contribution < 1.29 is 22.0 Å². The Morgan fingerprint density at radius 2 is 1.97 bits per heavy atom. The lowest BCUT2D eigenvalue weighted by Gasteiger charge is -2.18. The van der Waals surface area contributed by atoms with Crippen molar-refractivity contribution in [3.05, 3.63) is 53.8 Å². The second-order valence-corrected chi connectivity index (χ2v) is 8.39. The number of benzene rings is 2. The highest BCUT2D eigenvalue weighted by Crippen LogP contribution is 2.41. The first-order chi connectivity index (χ1) is 14.6. The van der Waals surface area contributed by atoms with Crippen LogP contribution >= 0.6 is 11.6 Å². The van der Waals surface area contributed by atoms with E-state index in [4.69, 9.17) is 16.7 Å². The van der Waals surface area contributed by atoms with E-state index in [-0.39, 0.29) is 32.5 Å². The number of carbonyl (C=O) groups is 1. The third-order valence-electron chi connectivity index (χ3n) is 4.17. The molecule has 164 valence electrons. The first-order valence-corrected chi connectivity index (χ1v) is 10.8. The Hall–Kier alpha value is -3.02. The molecule has 0 aliphatic rings. The van der Waals surface area contributed by atoms with Gasteiger partial charge in [-0.25, -0.2) is 27.0 Å². The summed E-state index contributed by atoms with van der Waals surface area (Å²) in [5.74, 6) is -0.431. The average Bonchev–Trinajstić information content (AvgIpc) is 3.14. The van der Waals surface area contributed by atoms with Gasteiger partial charge in [-0.05, 0) is 18.2 Å². The van der Waals surface area contributed by atoms with Gasteiger partial charge in [-0.15, -0.1) is 0 Å². The molecule has 3 aromatic rings. The maximum Gasteiger partial charge on any atom is 0.255 e. The fraction of sp³-hybridized carbons (Fsp3) is 0.158. The van der Waals surface area contributed by atoms with Crippen molar-refractivity contribution in [1.82, 2.24) is 9.78 Å². The molecule has 0 saturated heterocycles. The van der Waals surface area contributed by atoms with Crippen LogP contribution in [0.3, 0.4) is 0 Å². The van der Waals surface area contributed by atoms with Crippen LogP contribution in [0.4, 0.5) is 20.2 Å². The van der Waals surface area contributed by atoms with E-state index >= 15 is 0 Å². The number of carbonyl (C=O) groups excluding carboxylic acids is 1. The lowest BCUT2D eigenvalue weighted by Crippen LogP contribution is -2.19. The third-order valence-corrected chi connectivity index (χ3v) is 5.48. The van der Waals surface area contributed by atoms with Crippen LogP contribution in [0, 0.1) is 0 Å². The van der Waals surface area contributed by atoms with E-state index in [1.54, 1.807) is 24.3 Å². The monoisotopic (exact) mass is 469 g/mol. The van der Waals surface area contributed by atoms with E-state index in [9.17, 15) is 22.0 Å². The van der Waals surface area contributed by atoms with Gasteiger partial charge in [0.15, 0.2) is 0 Å². The second-order valence-electron chi connectivity index (χ2n) is 6.49. The first kappa shape index (κ1) is 22.7. The molecule has 2 aromatic carbocycles. The highest BCUT2D eigenvalue weighted by Gasteiger charge is 2.26. The Morgan fingerprint density at radius 3 is 2.58 bits per heavy atom. The summed E-state index contributed by atoms with van der Waals surface area (Å²) >= 11 is 6.31. The van der Waals surface area contributed by atoms with E-state index in [1.165, 1.54) is 36.1 Å². The van der Waals surface area contributed by atoms with Crippen molar-refractivity contribution in [2.24, 2.45) is 5.14 Å². The van der Waals surface area contributed by atoms with Crippen LogP contribution in [0.15, 0.2) is 53.7 Å². The molecule has 1 heterocycles. The van der Waals surface area contributed by atoms with Gasteiger partial charge in [0.05, 0.1) is 36.0 Å². The molecule has 0 atom stereocenters. The molecule has 1 aromatic heterocycles. The highest BCUT2D eigenvalue weighted by molar-refractivity contribution is 7.89. The van der Waals surface area contributed by atoms with Crippen molar-refractivity contribution in [2.75, 3.05) is 17.2 Å². The number of aromatic nitrogens is 2. The first-order valence-electron chi connectivity index (χ1n) is 8.87. The van der Waals surface area contributed by atoms with E-state index in [0.29, 0.717) is 5.56 Å². The summed E-state index contributed by atoms with van der Waals surface area (Å²) in [6.45, 7) is 0.676. The third kappa shape index (κ3) is 5.19. The molecule has 0 aliphatic carbocycles. The minimum atomic E-state index is -4.36. The molecule has 0 bridgehead atoms. The molecule has 0 spiro atoms. The van der Waals surface area contributed by atoms with Gasteiger partial charge in [-0.2, -0.15) is 5.10 Å². The molecule has 8 nitrogen and oxygen atoms in total. The van der Waals surface area contributed by atoms with Gasteiger partial charge in [-0.1, -0.05) is 29.8 Å². The summed E-state index contributed by atoms with van der Waals surface area (Å²) in [5, 5.41) is 14.9. The van der Waals surface area contributed by atoms with Gasteiger partial charge < -0.3 is 10.6 Å². The van der Waals surface area contributed by atoms with Crippen molar-refractivity contribution in [3.63, 3.8) is 0 Å². The minimum absolute atomic E-state index is 0.0524. The Labute approximate surface area is 182 Å². The van der Waals surface area contributed by atoms with Crippen LogP contribution in [0.5, 0.6) is 0 Å². The summed E-state index contributed by atoms with van der Waals surface area (Å²) < 4.78 is 51.4. The number of rotatable bonds is 7. The van der Waals surface area contributed by atoms with Crippen LogP contribution in [0.25, 0.3) is 16.8 Å². The molecule has 0 aliphatic heterocycles. The number of nitrogens with zero attached hydrogens (tertiary/aromatic N) is 2. The Kier molecular flexibility index (Phi) is 6.58. The Balaban J connectivity index is 2.28. The number of halogens is 3. The van der Waals surface area contributed by atoms with Crippen LogP contribution in [0.2, 0.25) is 5.02 Å². The standard InChI is InChI=1S/C19H18ClF2N5O3S/c1-11(28)26-15-6-7-16(27-10-12(8-25-27)24-9-17(21)22)19(31(23,29)30)18(15)13-4-2-3-5-14(13)20/h2-8,10,17,24H,9H2,1H3,(H,26,28)(H2,23,29,30). The van der Waals surface area contributed by atoms with Crippen LogP contribution in [0.1, 0.15) is 6.92 Å². The smallest absolute Gasteiger partial charge is 0.255 e. The van der Waals surface area contributed by atoms with Gasteiger partial charge in [0, 0.05) is 23.1 Å². The number of alkyl halides is 2. The zero-order valence-electron chi connectivity index (χ0n) is 16.1. The molecule has 0 radical (unpaired) electrons. The Morgan fingerprint density at radius 1 is 1.26 bits per heavy atom. The van der Waals surface area contributed by atoms with Gasteiger partial charge in [0.25, 0.3) is 6.43 Å². The van der Waals surface area contributed by atoms with E-state index in [0.717, 1.165) is 0 Å². The molecule has 0 unspecified atom stereocenters. The number of hydrogen-bond acceptors (Lipinski definition) is 5. The van der Waals surface area contributed by atoms with E-state index in [2.05, 4.69) is 15.7 Å². The molecule has 0 saturated carbocycles. The summed E-state index contributed by atoms with van der Waals surface area (Å²) in [6.07, 6.45) is 0.0413. The van der Waals surface area contributed by atoms with Gasteiger partial charge in [-0.3, -0.25) is 4.79 Å². The van der Waals surface area contributed by atoms with Gasteiger partial charge in [0.2, 0.25) is 15.9 Å². The number of amides is 1. The molecule has 4 N–H and O–H groups in total. The van der Waals surface area contributed by atoms with Gasteiger partial charge >= 0.3 is 0 Å². The maximum atomic E-state index is 12.7. The number of anilines is 2. The summed E-state index contributed by atoms with van der Waals surface area (Å²) in [7, 11) is -4.36. The van der Waals surface area contributed by atoms with Gasteiger partial charge in [0.1, 0.15) is 4.90 Å². The predicted molar refractivity (Wildman–Crippen MR) is 114 cm³/mol. The van der Waals surface area contributed by atoms with Crippen molar-refractivity contribution in [3.8, 4) is 16.8 Å². The number of hydrogen-bond donors (Lipinski definition) is 3. The molecule has 31 heavy (non-hydrogen) atoms. The molecule has 3 rings (SSSR count). The zero-order chi connectivity index (χ0) is 22.8. The highest BCUT2D eigenvalue weighted by atomic mass is 35.5. The molecular formula is C19H18ClF2N5O3S. The topological polar surface area (TPSA) is 119 Å². The number of nitrogens with two attached hydrogens (primary N) is 1. The van der Waals surface area contributed by atoms with Crippen molar-refractivity contribution in [2.45, 2.75) is 18.2 Å². The van der Waals surface area contributed by atoms with E-state index < -0.39 is 28.9 Å².